The van der Waals surface area contributed by atoms with Gasteiger partial charge in [-0.05, 0) is 30.2 Å². The van der Waals surface area contributed by atoms with Crippen molar-refractivity contribution in [3.8, 4) is 11.3 Å². The first-order valence-corrected chi connectivity index (χ1v) is 13.9. The summed E-state index contributed by atoms with van der Waals surface area (Å²) < 4.78 is 38.7. The Labute approximate surface area is 214 Å². The van der Waals surface area contributed by atoms with Crippen molar-refractivity contribution in [1.29, 1.82) is 0 Å². The first kappa shape index (κ1) is 31.3. The number of anilines is 1. The second-order valence-corrected chi connectivity index (χ2v) is 10.5. The van der Waals surface area contributed by atoms with E-state index in [0.717, 1.165) is 10.6 Å². The van der Waals surface area contributed by atoms with E-state index in [1.807, 2.05) is 27.7 Å². The molecule has 8 nitrogen and oxygen atoms in total. The molecule has 0 aliphatic rings. The van der Waals surface area contributed by atoms with E-state index in [0.29, 0.717) is 28.9 Å². The highest BCUT2D eigenvalue weighted by atomic mass is 32.2. The predicted octanol–water partition coefficient (Wildman–Crippen LogP) is 4.32. The number of ketones is 1. The van der Waals surface area contributed by atoms with Crippen LogP contribution >= 0.6 is 0 Å². The zero-order chi connectivity index (χ0) is 27.6. The van der Waals surface area contributed by atoms with Gasteiger partial charge in [-0.1, -0.05) is 46.8 Å². The van der Waals surface area contributed by atoms with Crippen LogP contribution in [0, 0.1) is 5.82 Å². The molecular weight excluding hydrogens is 485 g/mol. The van der Waals surface area contributed by atoms with Crippen LogP contribution < -0.4 is 4.31 Å². The molecule has 0 radical (unpaired) electrons. The Hall–Kier alpha value is -2.69. The highest BCUT2D eigenvalue weighted by Gasteiger charge is 2.22. The first-order chi connectivity index (χ1) is 16.8. The molecule has 36 heavy (non-hydrogen) atoms. The van der Waals surface area contributed by atoms with Crippen molar-refractivity contribution in [3.63, 3.8) is 0 Å². The second kappa shape index (κ2) is 14.2. The molecule has 1 aromatic carbocycles. The van der Waals surface area contributed by atoms with Gasteiger partial charge in [0.05, 0.1) is 29.9 Å². The summed E-state index contributed by atoms with van der Waals surface area (Å²) in [6, 6.07) is 5.60. The van der Waals surface area contributed by atoms with Crippen LogP contribution in [-0.2, 0) is 14.8 Å². The maximum Gasteiger partial charge on any atom is 0.239 e. The van der Waals surface area contributed by atoms with Gasteiger partial charge in [0.15, 0.2) is 0 Å². The molecule has 0 saturated heterocycles. The van der Waals surface area contributed by atoms with Gasteiger partial charge in [0.2, 0.25) is 16.0 Å². The average Bonchev–Trinajstić information content (AvgIpc) is 2.82. The molecule has 1 aromatic heterocycles. The fourth-order valence-corrected chi connectivity index (χ4v) is 3.63. The summed E-state index contributed by atoms with van der Waals surface area (Å²) in [5.41, 5.74) is 1.97. The number of hydrogen-bond donors (Lipinski definition) is 2. The SMILES string of the molecule is CC.CCC(=O)CC(O)CC(O)/C=C/c1c(-c2ccc(F)cc2)nc(N(C)S(C)(=O)=O)nc1C(C)C. The van der Waals surface area contributed by atoms with Gasteiger partial charge >= 0.3 is 0 Å². The Morgan fingerprint density at radius 2 is 1.72 bits per heavy atom. The lowest BCUT2D eigenvalue weighted by molar-refractivity contribution is -0.120. The molecule has 0 spiro atoms. The molecule has 1 heterocycles. The zero-order valence-corrected chi connectivity index (χ0v) is 22.9. The lowest BCUT2D eigenvalue weighted by Crippen LogP contribution is -2.27. The maximum atomic E-state index is 13.6. The number of nitrogens with zero attached hydrogens (tertiary/aromatic N) is 3. The molecule has 2 rings (SSSR count). The Balaban J connectivity index is 0.00000316. The van der Waals surface area contributed by atoms with E-state index >= 15 is 0 Å². The van der Waals surface area contributed by atoms with Gasteiger partial charge in [-0.25, -0.2) is 27.1 Å². The Kier molecular flexibility index (Phi) is 12.3. The summed E-state index contributed by atoms with van der Waals surface area (Å²) >= 11 is 0. The Morgan fingerprint density at radius 3 is 2.22 bits per heavy atom. The number of benzene rings is 1. The topological polar surface area (TPSA) is 121 Å². The molecule has 0 aliphatic carbocycles. The lowest BCUT2D eigenvalue weighted by Gasteiger charge is -2.20. The third-order valence-corrected chi connectivity index (χ3v) is 6.42. The number of aliphatic hydroxyl groups excluding tert-OH is 2. The molecule has 2 unspecified atom stereocenters. The van der Waals surface area contributed by atoms with Crippen molar-refractivity contribution in [3.05, 3.63) is 47.4 Å². The Bertz CT molecular complexity index is 1140. The molecule has 0 fully saturated rings. The minimum atomic E-state index is -3.63. The standard InChI is InChI=1S/C24H32FN3O5S.C2H6/c1-6-18(29)13-20(31)14-19(30)11-12-21-22(15(2)3)26-24(28(4)34(5,32)33)27-23(21)16-7-9-17(25)10-8-16;1-2/h7-12,15,19-20,30-31H,6,13-14H2,1-5H3;1-2H3/b12-11+;. The highest BCUT2D eigenvalue weighted by Crippen LogP contribution is 2.31. The lowest BCUT2D eigenvalue weighted by atomic mass is 9.97. The fourth-order valence-electron chi connectivity index (χ4n) is 3.25. The number of rotatable bonds is 11. The minimum Gasteiger partial charge on any atom is -0.393 e. The summed E-state index contributed by atoms with van der Waals surface area (Å²) in [6.07, 6.45) is 2.36. The molecule has 0 saturated carbocycles. The molecular formula is C26H38FN3O5S. The van der Waals surface area contributed by atoms with E-state index in [4.69, 9.17) is 0 Å². The first-order valence-electron chi connectivity index (χ1n) is 12.0. The van der Waals surface area contributed by atoms with E-state index < -0.39 is 28.0 Å². The van der Waals surface area contributed by atoms with Crippen molar-refractivity contribution < 1.29 is 27.8 Å². The summed E-state index contributed by atoms with van der Waals surface area (Å²) in [6.45, 7) is 9.48. The maximum absolute atomic E-state index is 13.6. The van der Waals surface area contributed by atoms with Crippen LogP contribution in [0.25, 0.3) is 17.3 Å². The quantitative estimate of drug-likeness (QED) is 0.450. The van der Waals surface area contributed by atoms with E-state index in [1.54, 1.807) is 13.0 Å². The molecule has 2 N–H and O–H groups in total. The number of aliphatic hydroxyl groups is 2. The molecule has 2 atom stereocenters. The number of hydrogen-bond acceptors (Lipinski definition) is 7. The van der Waals surface area contributed by atoms with Gasteiger partial charge in [-0.2, -0.15) is 0 Å². The largest absolute Gasteiger partial charge is 0.393 e. The number of sulfonamides is 1. The van der Waals surface area contributed by atoms with Crippen molar-refractivity contribution in [2.75, 3.05) is 17.6 Å². The van der Waals surface area contributed by atoms with Gasteiger partial charge < -0.3 is 10.2 Å². The second-order valence-electron chi connectivity index (χ2n) is 8.48. The van der Waals surface area contributed by atoms with Crippen molar-refractivity contribution in [2.24, 2.45) is 0 Å². The van der Waals surface area contributed by atoms with Crippen molar-refractivity contribution in [2.45, 2.75) is 72.0 Å². The minimum absolute atomic E-state index is 0.0269. The molecule has 200 valence electrons. The molecule has 0 amide bonds. The van der Waals surface area contributed by atoms with E-state index in [-0.39, 0.29) is 30.5 Å². The number of Topliss-reactive ketones (excluding diaryl/α,β-unsaturated/α-hetero) is 1. The molecule has 2 aromatic rings. The highest BCUT2D eigenvalue weighted by molar-refractivity contribution is 7.92. The van der Waals surface area contributed by atoms with Crippen LogP contribution in [0.15, 0.2) is 30.3 Å². The smallest absolute Gasteiger partial charge is 0.239 e. The summed E-state index contributed by atoms with van der Waals surface area (Å²) in [5.74, 6) is -0.697. The summed E-state index contributed by atoms with van der Waals surface area (Å²) in [4.78, 5) is 20.5. The van der Waals surface area contributed by atoms with Gasteiger partial charge in [0, 0.05) is 37.4 Å². The monoisotopic (exact) mass is 523 g/mol. The van der Waals surface area contributed by atoms with Gasteiger partial charge in [0.25, 0.3) is 0 Å². The van der Waals surface area contributed by atoms with E-state index in [2.05, 4.69) is 9.97 Å². The predicted molar refractivity (Wildman–Crippen MR) is 142 cm³/mol. The average molecular weight is 524 g/mol. The van der Waals surface area contributed by atoms with Crippen LogP contribution in [0.3, 0.4) is 0 Å². The molecule has 10 heteroatoms. The summed E-state index contributed by atoms with van der Waals surface area (Å²) in [7, 11) is -2.28. The van der Waals surface area contributed by atoms with Crippen molar-refractivity contribution >= 4 is 27.8 Å². The van der Waals surface area contributed by atoms with Gasteiger partial charge in [0.1, 0.15) is 11.6 Å². The molecule has 0 aliphatic heterocycles. The van der Waals surface area contributed by atoms with Crippen LogP contribution in [0.4, 0.5) is 10.3 Å². The van der Waals surface area contributed by atoms with Gasteiger partial charge in [-0.3, -0.25) is 4.79 Å². The van der Waals surface area contributed by atoms with Crippen LogP contribution in [0.2, 0.25) is 0 Å². The van der Waals surface area contributed by atoms with Crippen LogP contribution in [0.5, 0.6) is 0 Å². The van der Waals surface area contributed by atoms with Crippen LogP contribution in [0.1, 0.15) is 71.1 Å². The normalized spacial score (nSPS) is 13.3. The Morgan fingerprint density at radius 1 is 1.14 bits per heavy atom. The number of carbonyl (C=O) groups is 1. The van der Waals surface area contributed by atoms with E-state index in [1.165, 1.54) is 37.4 Å². The molecule has 0 bridgehead atoms. The third kappa shape index (κ3) is 9.07. The number of halogens is 1. The third-order valence-electron chi connectivity index (χ3n) is 5.26. The van der Waals surface area contributed by atoms with Crippen LogP contribution in [-0.4, -0.2) is 59.9 Å². The number of aromatic nitrogens is 2. The van der Waals surface area contributed by atoms with Crippen molar-refractivity contribution in [1.82, 2.24) is 9.97 Å². The van der Waals surface area contributed by atoms with Gasteiger partial charge in [-0.15, -0.1) is 0 Å². The van der Waals surface area contributed by atoms with E-state index in [9.17, 15) is 27.8 Å². The summed E-state index contributed by atoms with van der Waals surface area (Å²) in [5, 5.41) is 20.5. The number of carbonyl (C=O) groups excluding carboxylic acids is 1. The zero-order valence-electron chi connectivity index (χ0n) is 22.1. The fraction of sp³-hybridized carbons (Fsp3) is 0.500.